The van der Waals surface area contributed by atoms with Gasteiger partial charge >= 0.3 is 18.2 Å². The molecule has 1 aliphatic carbocycles. The van der Waals surface area contributed by atoms with E-state index in [1.807, 2.05) is 31.2 Å². The van der Waals surface area contributed by atoms with Gasteiger partial charge in [-0.1, -0.05) is 37.3 Å². The first-order chi connectivity index (χ1) is 20.0. The average Bonchev–Trinajstić information content (AvgIpc) is 2.96. The number of ether oxygens (including phenoxy) is 1. The normalized spacial score (nSPS) is 20.4. The van der Waals surface area contributed by atoms with Gasteiger partial charge in [0.25, 0.3) is 0 Å². The zero-order chi connectivity index (χ0) is 30.0. The maximum absolute atomic E-state index is 13.6. The lowest BCUT2D eigenvalue weighted by Crippen LogP contribution is -2.45. The lowest BCUT2D eigenvalue weighted by molar-refractivity contribution is -0.138. The fraction of sp³-hybridized carbons (Fsp3) is 0.375. The highest BCUT2D eigenvalue weighted by Gasteiger charge is 2.36. The fourth-order valence-corrected chi connectivity index (χ4v) is 5.87. The van der Waals surface area contributed by atoms with E-state index in [2.05, 4.69) is 17.4 Å². The Hall–Kier alpha value is -4.08. The van der Waals surface area contributed by atoms with Crippen molar-refractivity contribution in [3.05, 3.63) is 77.6 Å². The summed E-state index contributed by atoms with van der Waals surface area (Å²) in [5.74, 6) is -0.713. The minimum atomic E-state index is -4.84. The first-order valence-electron chi connectivity index (χ1n) is 14.1. The summed E-state index contributed by atoms with van der Waals surface area (Å²) in [4.78, 5) is 25.6. The van der Waals surface area contributed by atoms with Gasteiger partial charge in [0.15, 0.2) is 0 Å². The van der Waals surface area contributed by atoms with E-state index < -0.39 is 35.2 Å². The summed E-state index contributed by atoms with van der Waals surface area (Å²) in [5.41, 5.74) is 1.66. The van der Waals surface area contributed by atoms with Crippen molar-refractivity contribution in [2.45, 2.75) is 63.6 Å². The summed E-state index contributed by atoms with van der Waals surface area (Å²) in [5, 5.41) is 11.4. The Bertz CT molecular complexity index is 1450. The highest BCUT2D eigenvalue weighted by atomic mass is 19.4. The second kappa shape index (κ2) is 12.0. The number of carboxylic acid groups (broad SMARTS) is 1. The van der Waals surface area contributed by atoms with Gasteiger partial charge < -0.3 is 15.2 Å². The highest BCUT2D eigenvalue weighted by molar-refractivity contribution is 6.03. The van der Waals surface area contributed by atoms with Crippen LogP contribution in [0.5, 0.6) is 5.75 Å². The van der Waals surface area contributed by atoms with Crippen molar-refractivity contribution in [3.8, 4) is 16.9 Å². The number of rotatable bonds is 6. The number of urea groups is 1. The van der Waals surface area contributed by atoms with E-state index in [4.69, 9.17) is 9.84 Å². The number of nitrogens with one attached hydrogen (secondary N) is 1. The molecule has 5 rings (SSSR count). The summed E-state index contributed by atoms with van der Waals surface area (Å²) >= 11 is 0. The van der Waals surface area contributed by atoms with Crippen molar-refractivity contribution in [1.29, 1.82) is 0 Å². The van der Waals surface area contributed by atoms with Crippen molar-refractivity contribution < 1.29 is 37.0 Å². The number of amides is 2. The Morgan fingerprint density at radius 2 is 1.67 bits per heavy atom. The van der Waals surface area contributed by atoms with E-state index >= 15 is 0 Å². The van der Waals surface area contributed by atoms with E-state index in [-0.39, 0.29) is 25.0 Å². The molecule has 1 saturated carbocycles. The number of anilines is 2. The maximum Gasteiger partial charge on any atom is 0.418 e. The van der Waals surface area contributed by atoms with E-state index in [1.165, 1.54) is 10.5 Å². The molecule has 2 amide bonds. The predicted molar refractivity (Wildman–Crippen MR) is 151 cm³/mol. The van der Waals surface area contributed by atoms with Gasteiger partial charge in [-0.15, -0.1) is 0 Å². The second-order valence-corrected chi connectivity index (χ2v) is 11.0. The van der Waals surface area contributed by atoms with Crippen LogP contribution in [0, 0.1) is 11.7 Å². The molecule has 1 aliphatic heterocycles. The van der Waals surface area contributed by atoms with Crippen LogP contribution in [0.1, 0.15) is 62.5 Å². The summed E-state index contributed by atoms with van der Waals surface area (Å²) in [6.45, 7) is 2.03. The number of benzene rings is 3. The molecule has 2 N–H and O–H groups in total. The number of aliphatic carboxylic acids is 1. The molecule has 3 aromatic carbocycles. The molecule has 1 atom stereocenters. The van der Waals surface area contributed by atoms with Crippen molar-refractivity contribution in [1.82, 2.24) is 0 Å². The largest absolute Gasteiger partial charge is 0.486 e. The molecule has 2 aliphatic rings. The van der Waals surface area contributed by atoms with Gasteiger partial charge in [0, 0.05) is 6.42 Å². The molecule has 0 bridgehead atoms. The number of carbonyl (C=O) groups excluding carboxylic acids is 1. The molecule has 10 heteroatoms. The van der Waals surface area contributed by atoms with E-state index in [0.717, 1.165) is 48.9 Å². The second-order valence-electron chi connectivity index (χ2n) is 11.0. The van der Waals surface area contributed by atoms with E-state index in [1.54, 1.807) is 6.07 Å². The molecular formula is C32H32F4N2O4. The van der Waals surface area contributed by atoms with Gasteiger partial charge in [-0.3, -0.25) is 9.69 Å². The Morgan fingerprint density at radius 1 is 0.976 bits per heavy atom. The van der Waals surface area contributed by atoms with Crippen LogP contribution in [0.15, 0.2) is 60.7 Å². The number of fused-ring (bicyclic) bond motifs is 1. The lowest BCUT2D eigenvalue weighted by Gasteiger charge is -2.35. The van der Waals surface area contributed by atoms with Crippen LogP contribution >= 0.6 is 0 Å². The molecule has 222 valence electrons. The standard InChI is InChI=1S/C32H32F4N2O4/c1-2-25-18-38(31(41)37-27-13-12-24(33)17-26(27)32(34,35)36)28-14-11-23(16-29(28)42-25)22-9-7-21(8-10-22)20-5-3-19(4-6-20)15-30(39)40/h7-14,16-17,19-20,25H,2-6,15,18H2,1H3,(H,37,41)(H,39,40)/t19-,20-,25?. The Kier molecular flexibility index (Phi) is 8.43. The zero-order valence-corrected chi connectivity index (χ0v) is 23.1. The van der Waals surface area contributed by atoms with Crippen LogP contribution in [-0.4, -0.2) is 29.8 Å². The highest BCUT2D eigenvalue weighted by Crippen LogP contribution is 2.41. The lowest BCUT2D eigenvalue weighted by atomic mass is 9.77. The van der Waals surface area contributed by atoms with Crippen LogP contribution in [0.25, 0.3) is 11.1 Å². The average molecular weight is 585 g/mol. The molecule has 3 aromatic rings. The Labute approximate surface area is 241 Å². The van der Waals surface area contributed by atoms with Crippen molar-refractivity contribution in [2.24, 2.45) is 5.92 Å². The smallest absolute Gasteiger partial charge is 0.418 e. The molecular weight excluding hydrogens is 552 g/mol. The number of carboxylic acids is 1. The molecule has 0 radical (unpaired) electrons. The minimum absolute atomic E-state index is 0.140. The molecule has 1 heterocycles. The SMILES string of the molecule is CCC1CN(C(=O)Nc2ccc(F)cc2C(F)(F)F)c2ccc(-c3ccc([C@H]4CC[C@H](CC(=O)O)CC4)cc3)cc2O1. The van der Waals surface area contributed by atoms with Gasteiger partial charge in [-0.2, -0.15) is 13.2 Å². The first-order valence-corrected chi connectivity index (χ1v) is 14.1. The summed E-state index contributed by atoms with van der Waals surface area (Å²) in [6.07, 6.45) is -0.682. The topological polar surface area (TPSA) is 78.9 Å². The van der Waals surface area contributed by atoms with E-state index in [9.17, 15) is 27.2 Å². The number of nitrogens with zero attached hydrogens (tertiary/aromatic N) is 1. The monoisotopic (exact) mass is 584 g/mol. The number of halogens is 4. The molecule has 0 aromatic heterocycles. The summed E-state index contributed by atoms with van der Waals surface area (Å²) in [6, 6.07) is 15.0. The zero-order valence-electron chi connectivity index (χ0n) is 23.1. The van der Waals surface area contributed by atoms with E-state index in [0.29, 0.717) is 29.8 Å². The van der Waals surface area contributed by atoms with Crippen LogP contribution in [0.4, 0.5) is 33.7 Å². The number of alkyl halides is 3. The molecule has 0 saturated heterocycles. The number of hydrogen-bond acceptors (Lipinski definition) is 3. The summed E-state index contributed by atoms with van der Waals surface area (Å²) < 4.78 is 60.2. The first kappa shape index (κ1) is 29.4. The van der Waals surface area contributed by atoms with Gasteiger partial charge in [0.1, 0.15) is 17.7 Å². The van der Waals surface area contributed by atoms with Gasteiger partial charge in [-0.25, -0.2) is 9.18 Å². The van der Waals surface area contributed by atoms with Crippen molar-refractivity contribution in [3.63, 3.8) is 0 Å². The third kappa shape index (κ3) is 6.53. The molecule has 6 nitrogen and oxygen atoms in total. The third-order valence-corrected chi connectivity index (χ3v) is 8.19. The molecule has 1 unspecified atom stereocenters. The minimum Gasteiger partial charge on any atom is -0.486 e. The fourth-order valence-electron chi connectivity index (χ4n) is 5.87. The number of hydrogen-bond donors (Lipinski definition) is 2. The van der Waals surface area contributed by atoms with Gasteiger partial charge in [-0.05, 0) is 91.0 Å². The molecule has 42 heavy (non-hydrogen) atoms. The Morgan fingerprint density at radius 3 is 2.31 bits per heavy atom. The van der Waals surface area contributed by atoms with Crippen molar-refractivity contribution >= 4 is 23.4 Å². The summed E-state index contributed by atoms with van der Waals surface area (Å²) in [7, 11) is 0. The van der Waals surface area contributed by atoms with Crippen molar-refractivity contribution in [2.75, 3.05) is 16.8 Å². The number of carbonyl (C=O) groups is 2. The Balaban J connectivity index is 1.34. The molecule has 1 fully saturated rings. The van der Waals surface area contributed by atoms with Crippen LogP contribution < -0.4 is 15.0 Å². The van der Waals surface area contributed by atoms with Crippen LogP contribution in [0.2, 0.25) is 0 Å². The third-order valence-electron chi connectivity index (χ3n) is 8.19. The van der Waals surface area contributed by atoms with Gasteiger partial charge in [0.05, 0.1) is 23.5 Å². The van der Waals surface area contributed by atoms with Crippen LogP contribution in [-0.2, 0) is 11.0 Å². The maximum atomic E-state index is 13.6. The van der Waals surface area contributed by atoms with Gasteiger partial charge in [0.2, 0.25) is 0 Å². The van der Waals surface area contributed by atoms with Crippen LogP contribution in [0.3, 0.4) is 0 Å². The quantitative estimate of drug-likeness (QED) is 0.285. The molecule has 0 spiro atoms. The predicted octanol–water partition coefficient (Wildman–Crippen LogP) is 8.47.